The van der Waals surface area contributed by atoms with E-state index in [4.69, 9.17) is 9.47 Å². The summed E-state index contributed by atoms with van der Waals surface area (Å²) >= 11 is 3.26. The molecule has 1 spiro atoms. The molecular weight excluding hydrogens is 430 g/mol. The number of H-pyrrole nitrogens is 1. The highest BCUT2D eigenvalue weighted by molar-refractivity contribution is 9.10. The van der Waals surface area contributed by atoms with Crippen LogP contribution in [-0.4, -0.2) is 55.9 Å². The molecule has 2 aliphatic heterocycles. The van der Waals surface area contributed by atoms with Crippen molar-refractivity contribution in [2.75, 3.05) is 19.7 Å². The minimum Gasteiger partial charge on any atom is -0.444 e. The summed E-state index contributed by atoms with van der Waals surface area (Å²) in [4.78, 5) is 36.2. The van der Waals surface area contributed by atoms with Crippen LogP contribution in [0, 0.1) is 0 Å². The van der Waals surface area contributed by atoms with Crippen LogP contribution in [0.25, 0.3) is 5.78 Å². The molecule has 10 heteroatoms. The van der Waals surface area contributed by atoms with Crippen molar-refractivity contribution in [3.8, 4) is 0 Å². The van der Waals surface area contributed by atoms with E-state index in [0.29, 0.717) is 48.6 Å². The summed E-state index contributed by atoms with van der Waals surface area (Å²) in [5, 5.41) is 2.87. The molecule has 0 saturated carbocycles. The third-order valence-corrected chi connectivity index (χ3v) is 5.61. The molecule has 152 valence electrons. The average Bonchev–Trinajstić information content (AvgIpc) is 2.98. The largest absolute Gasteiger partial charge is 0.444 e. The standard InChI is InChI=1S/C18H24BrN5O4/c1-10-9-27-18(5-7-23(8-6-18)16(26)28-17(2,3)4)11-12(10)20-15-21-14(19)22-24(15)13(11)25/h10H,5-9H2,1-4H3,(H,20,21,22). The number of ether oxygens (including phenoxy) is 2. The number of likely N-dealkylation sites (tertiary alicyclic amines) is 1. The lowest BCUT2D eigenvalue weighted by molar-refractivity contribution is -0.106. The molecule has 2 aromatic rings. The first-order valence-corrected chi connectivity index (χ1v) is 10.2. The lowest BCUT2D eigenvalue weighted by Crippen LogP contribution is -2.52. The summed E-state index contributed by atoms with van der Waals surface area (Å²) in [6.07, 6.45) is 0.698. The van der Waals surface area contributed by atoms with Gasteiger partial charge in [0.15, 0.2) is 4.73 Å². The molecule has 1 amide bonds. The van der Waals surface area contributed by atoms with Gasteiger partial charge in [0.1, 0.15) is 11.2 Å². The van der Waals surface area contributed by atoms with Crippen LogP contribution in [0.5, 0.6) is 0 Å². The molecule has 4 heterocycles. The third kappa shape index (κ3) is 3.22. The van der Waals surface area contributed by atoms with E-state index in [1.54, 1.807) is 4.90 Å². The summed E-state index contributed by atoms with van der Waals surface area (Å²) in [6, 6.07) is 0. The predicted molar refractivity (Wildman–Crippen MR) is 104 cm³/mol. The number of carbonyl (C=O) groups excluding carboxylic acids is 1. The second-order valence-electron chi connectivity index (χ2n) is 8.50. The van der Waals surface area contributed by atoms with Gasteiger partial charge in [-0.3, -0.25) is 9.89 Å². The van der Waals surface area contributed by atoms with Gasteiger partial charge in [-0.2, -0.15) is 9.50 Å². The fourth-order valence-corrected chi connectivity index (χ4v) is 4.23. The molecule has 0 aromatic carbocycles. The van der Waals surface area contributed by atoms with Crippen LogP contribution in [0.4, 0.5) is 4.79 Å². The fourth-order valence-electron chi connectivity index (χ4n) is 3.90. The average molecular weight is 454 g/mol. The number of fused-ring (bicyclic) bond motifs is 3. The number of carbonyl (C=O) groups is 1. The molecule has 2 aliphatic rings. The van der Waals surface area contributed by atoms with Gasteiger partial charge in [0.25, 0.3) is 11.3 Å². The number of nitrogens with zero attached hydrogens (tertiary/aromatic N) is 4. The molecule has 28 heavy (non-hydrogen) atoms. The Balaban J connectivity index is 1.68. The van der Waals surface area contributed by atoms with Crippen LogP contribution in [0.15, 0.2) is 9.53 Å². The SMILES string of the molecule is CC1COC2(CCN(C(=O)OC(C)(C)C)CC2)c2c1nc1nc(Br)[nH]n1c2=O. The number of aromatic nitrogens is 4. The summed E-state index contributed by atoms with van der Waals surface area (Å²) in [6.45, 7) is 8.92. The van der Waals surface area contributed by atoms with Gasteiger partial charge in [0.05, 0.1) is 17.9 Å². The maximum atomic E-state index is 13.3. The Bertz CT molecular complexity index is 984. The van der Waals surface area contributed by atoms with Gasteiger partial charge in [-0.1, -0.05) is 6.92 Å². The second-order valence-corrected chi connectivity index (χ2v) is 9.25. The maximum Gasteiger partial charge on any atom is 0.410 e. The molecule has 2 aromatic heterocycles. The lowest BCUT2D eigenvalue weighted by Gasteiger charge is -2.45. The zero-order chi connectivity index (χ0) is 20.3. The molecule has 0 aliphatic carbocycles. The monoisotopic (exact) mass is 453 g/mol. The Labute approximate surface area is 170 Å². The Morgan fingerprint density at radius 2 is 2.00 bits per heavy atom. The Hall–Kier alpha value is -1.94. The zero-order valence-corrected chi connectivity index (χ0v) is 18.0. The minimum atomic E-state index is -0.747. The fraction of sp³-hybridized carbons (Fsp3) is 0.667. The molecule has 0 bridgehead atoms. The lowest BCUT2D eigenvalue weighted by atomic mass is 9.79. The number of halogens is 1. The van der Waals surface area contributed by atoms with Gasteiger partial charge in [0.2, 0.25) is 0 Å². The van der Waals surface area contributed by atoms with Gasteiger partial charge in [0, 0.05) is 19.0 Å². The highest BCUT2D eigenvalue weighted by atomic mass is 79.9. The first-order valence-electron chi connectivity index (χ1n) is 9.40. The number of aromatic amines is 1. The van der Waals surface area contributed by atoms with Crippen LogP contribution in [-0.2, 0) is 15.1 Å². The summed E-state index contributed by atoms with van der Waals surface area (Å²) < 4.78 is 13.5. The Kier molecular flexibility index (Phi) is 4.53. The normalized spacial score (nSPS) is 21.8. The number of amides is 1. The highest BCUT2D eigenvalue weighted by Crippen LogP contribution is 2.42. The van der Waals surface area contributed by atoms with Crippen LogP contribution >= 0.6 is 15.9 Å². The number of hydrogen-bond donors (Lipinski definition) is 1. The number of nitrogens with one attached hydrogen (secondary N) is 1. The summed E-state index contributed by atoms with van der Waals surface area (Å²) in [5.74, 6) is 0.336. The molecule has 1 unspecified atom stereocenters. The molecule has 1 saturated heterocycles. The quantitative estimate of drug-likeness (QED) is 0.657. The summed E-state index contributed by atoms with van der Waals surface area (Å²) in [7, 11) is 0. The van der Waals surface area contributed by atoms with Crippen molar-refractivity contribution in [2.24, 2.45) is 0 Å². The van der Waals surface area contributed by atoms with E-state index in [1.165, 1.54) is 4.52 Å². The van der Waals surface area contributed by atoms with Crippen molar-refractivity contribution in [1.82, 2.24) is 24.5 Å². The smallest absolute Gasteiger partial charge is 0.410 e. The van der Waals surface area contributed by atoms with Crippen molar-refractivity contribution in [3.05, 3.63) is 26.3 Å². The molecule has 9 nitrogen and oxygen atoms in total. The Morgan fingerprint density at radius 1 is 1.32 bits per heavy atom. The van der Waals surface area contributed by atoms with Crippen molar-refractivity contribution in [1.29, 1.82) is 0 Å². The van der Waals surface area contributed by atoms with Crippen molar-refractivity contribution >= 4 is 27.8 Å². The van der Waals surface area contributed by atoms with Gasteiger partial charge in [-0.25, -0.2) is 9.78 Å². The maximum absolute atomic E-state index is 13.3. The van der Waals surface area contributed by atoms with Crippen molar-refractivity contribution in [2.45, 2.75) is 57.7 Å². The van der Waals surface area contributed by atoms with Crippen LogP contribution in [0.3, 0.4) is 0 Å². The van der Waals surface area contributed by atoms with E-state index in [9.17, 15) is 9.59 Å². The minimum absolute atomic E-state index is 0.00214. The molecule has 1 N–H and O–H groups in total. The van der Waals surface area contributed by atoms with Gasteiger partial charge >= 0.3 is 6.09 Å². The molecule has 4 rings (SSSR count). The topological polar surface area (TPSA) is 102 Å². The van der Waals surface area contributed by atoms with E-state index < -0.39 is 11.2 Å². The van der Waals surface area contributed by atoms with E-state index in [-0.39, 0.29) is 17.6 Å². The van der Waals surface area contributed by atoms with Crippen molar-refractivity contribution < 1.29 is 14.3 Å². The number of hydrogen-bond acceptors (Lipinski definition) is 6. The van der Waals surface area contributed by atoms with E-state index in [1.807, 2.05) is 27.7 Å². The van der Waals surface area contributed by atoms with E-state index in [2.05, 4.69) is 31.0 Å². The van der Waals surface area contributed by atoms with Crippen molar-refractivity contribution in [3.63, 3.8) is 0 Å². The summed E-state index contributed by atoms with van der Waals surface area (Å²) in [5.41, 5.74) is -0.179. The number of piperidine rings is 1. The van der Waals surface area contributed by atoms with Crippen LogP contribution < -0.4 is 5.56 Å². The first-order chi connectivity index (χ1) is 13.1. The molecule has 1 fully saturated rings. The van der Waals surface area contributed by atoms with Crippen LogP contribution in [0.2, 0.25) is 0 Å². The zero-order valence-electron chi connectivity index (χ0n) is 16.4. The molecule has 0 radical (unpaired) electrons. The predicted octanol–water partition coefficient (Wildman–Crippen LogP) is 2.54. The number of rotatable bonds is 0. The van der Waals surface area contributed by atoms with Crippen LogP contribution in [0.1, 0.15) is 57.7 Å². The van der Waals surface area contributed by atoms with E-state index >= 15 is 0 Å². The molecular formula is C18H24BrN5O4. The third-order valence-electron chi connectivity index (χ3n) is 5.25. The first kappa shape index (κ1) is 19.4. The Morgan fingerprint density at radius 3 is 2.64 bits per heavy atom. The van der Waals surface area contributed by atoms with Gasteiger partial charge in [-0.15, -0.1) is 0 Å². The van der Waals surface area contributed by atoms with Gasteiger partial charge in [-0.05, 0) is 49.5 Å². The van der Waals surface area contributed by atoms with Gasteiger partial charge < -0.3 is 14.4 Å². The highest BCUT2D eigenvalue weighted by Gasteiger charge is 2.47. The van der Waals surface area contributed by atoms with E-state index in [0.717, 1.165) is 5.69 Å². The second kappa shape index (κ2) is 6.55. The molecule has 1 atom stereocenters.